The minimum Gasteiger partial charge on any atom is -0.505 e. The highest BCUT2D eigenvalue weighted by Gasteiger charge is 2.44. The molecule has 0 bridgehead atoms. The summed E-state index contributed by atoms with van der Waals surface area (Å²) in [5.41, 5.74) is -0.189. The number of hydrogen-bond donors (Lipinski definition) is 2. The van der Waals surface area contributed by atoms with Crippen molar-refractivity contribution in [1.82, 2.24) is 29.0 Å². The number of rotatable bonds is 6. The molecule has 1 spiro atoms. The summed E-state index contributed by atoms with van der Waals surface area (Å²) in [4.78, 5) is 52.8. The fraction of sp³-hybridized carbons (Fsp3) is 0.314. The van der Waals surface area contributed by atoms with E-state index in [1.807, 2.05) is 30.5 Å². The van der Waals surface area contributed by atoms with Crippen LogP contribution in [0, 0.1) is 0 Å². The number of amides is 2. The average molecular weight is 738 g/mol. The van der Waals surface area contributed by atoms with Gasteiger partial charge in [-0.3, -0.25) is 14.4 Å². The number of benzene rings is 2. The van der Waals surface area contributed by atoms with Crippen LogP contribution in [0.3, 0.4) is 0 Å². The normalized spacial score (nSPS) is 15.6. The van der Waals surface area contributed by atoms with Crippen molar-refractivity contribution >= 4 is 46.6 Å². The molecule has 2 amide bonds. The van der Waals surface area contributed by atoms with Gasteiger partial charge >= 0.3 is 6.18 Å². The zero-order valence-corrected chi connectivity index (χ0v) is 28.8. The molecule has 0 radical (unpaired) electrons. The number of nitrogens with one attached hydrogen (secondary N) is 1. The number of likely N-dealkylation sites (tertiary alicyclic amines) is 1. The molecule has 11 nitrogen and oxygen atoms in total. The third-order valence-corrected chi connectivity index (χ3v) is 10.7. The van der Waals surface area contributed by atoms with E-state index in [4.69, 9.17) is 16.6 Å². The van der Waals surface area contributed by atoms with Crippen molar-refractivity contribution in [3.8, 4) is 17.1 Å². The predicted molar refractivity (Wildman–Crippen MR) is 185 cm³/mol. The first kappa shape index (κ1) is 34.6. The van der Waals surface area contributed by atoms with Gasteiger partial charge in [0.2, 0.25) is 11.7 Å². The summed E-state index contributed by atoms with van der Waals surface area (Å²) in [7, 11) is 0. The molecule has 51 heavy (non-hydrogen) atoms. The van der Waals surface area contributed by atoms with Crippen LogP contribution in [-0.4, -0.2) is 65.3 Å². The van der Waals surface area contributed by atoms with Crippen LogP contribution in [-0.2, 0) is 29.4 Å². The van der Waals surface area contributed by atoms with Crippen LogP contribution in [0.4, 0.5) is 18.9 Å². The number of fused-ring (bicyclic) bond motifs is 3. The molecule has 3 aromatic heterocycles. The van der Waals surface area contributed by atoms with E-state index in [9.17, 15) is 32.7 Å². The summed E-state index contributed by atoms with van der Waals surface area (Å²) < 4.78 is 42.6. The maximum Gasteiger partial charge on any atom is 0.416 e. The fourth-order valence-electron chi connectivity index (χ4n) is 7.12. The Morgan fingerprint density at radius 1 is 1.08 bits per heavy atom. The van der Waals surface area contributed by atoms with Gasteiger partial charge in [-0.15, -0.1) is 16.9 Å². The largest absolute Gasteiger partial charge is 0.505 e. The minimum absolute atomic E-state index is 0.00379. The molecule has 2 aliphatic rings. The second-order valence-corrected chi connectivity index (χ2v) is 13.9. The van der Waals surface area contributed by atoms with Gasteiger partial charge in [-0.2, -0.15) is 22.7 Å². The lowest BCUT2D eigenvalue weighted by molar-refractivity contribution is -0.137. The van der Waals surface area contributed by atoms with Crippen molar-refractivity contribution in [2.24, 2.45) is 0 Å². The number of carbonyl (C=O) groups excluding carboxylic acids is 2. The molecule has 4 heterocycles. The molecule has 0 saturated carbocycles. The molecular formula is C35H31ClF3N7O4S. The number of piperidine rings is 1. The monoisotopic (exact) mass is 737 g/mol. The first-order valence-corrected chi connectivity index (χ1v) is 17.8. The number of aromatic nitrogens is 5. The Labute approximate surface area is 298 Å². The van der Waals surface area contributed by atoms with E-state index in [1.165, 1.54) is 22.8 Å². The van der Waals surface area contributed by atoms with Gasteiger partial charge in [0.1, 0.15) is 12.3 Å². The summed E-state index contributed by atoms with van der Waals surface area (Å²) in [6.45, 7) is 0.290. The summed E-state index contributed by atoms with van der Waals surface area (Å²) in [6.07, 6.45) is 1.52. The number of pyridine rings is 1. The minimum atomic E-state index is -4.60. The SMILES string of the molecule is CSc1ccc(-c2nc3n(CC(=O)Nc4ccc(C(F)(F)F)cc4Cl)c4c(c(=O)n3n2)C2(CCC4)CCN(C(=O)c3ncccc3O)CC2)cc1. The first-order chi connectivity index (χ1) is 24.4. The molecule has 1 fully saturated rings. The van der Waals surface area contributed by atoms with Crippen LogP contribution >= 0.6 is 23.4 Å². The topological polar surface area (TPSA) is 135 Å². The van der Waals surface area contributed by atoms with Gasteiger partial charge in [0.25, 0.3) is 11.5 Å². The van der Waals surface area contributed by atoms with E-state index < -0.39 is 29.0 Å². The molecule has 0 unspecified atom stereocenters. The van der Waals surface area contributed by atoms with Gasteiger partial charge in [-0.05, 0) is 80.8 Å². The molecule has 1 aliphatic carbocycles. The standard InChI is InChI=1S/C35H31ClF3N7O4S/c1-51-22-9-6-20(7-10-22)30-42-33-45(19-27(48)41-24-11-8-21(18-23(24)36)35(37,38)39)25-4-2-12-34(28(25)31(49)46(33)43-30)13-16-44(17-14-34)32(50)29-26(47)5-3-15-40-29/h3,5-11,15,18,47H,2,4,12-14,16-17,19H2,1H3,(H,41,48). The van der Waals surface area contributed by atoms with E-state index in [-0.39, 0.29) is 45.9 Å². The number of halogens is 4. The second-order valence-electron chi connectivity index (χ2n) is 12.6. The summed E-state index contributed by atoms with van der Waals surface area (Å²) in [5, 5.41) is 17.2. The molecule has 2 aromatic carbocycles. The van der Waals surface area contributed by atoms with Crippen molar-refractivity contribution in [2.75, 3.05) is 24.7 Å². The number of thioether (sulfide) groups is 1. The second kappa shape index (κ2) is 13.3. The smallest absolute Gasteiger partial charge is 0.416 e. The van der Waals surface area contributed by atoms with Crippen LogP contribution < -0.4 is 10.9 Å². The van der Waals surface area contributed by atoms with Crippen molar-refractivity contribution in [3.05, 3.63) is 98.7 Å². The number of aromatic hydroxyl groups is 1. The Morgan fingerprint density at radius 2 is 1.82 bits per heavy atom. The van der Waals surface area contributed by atoms with E-state index in [1.54, 1.807) is 21.2 Å². The van der Waals surface area contributed by atoms with Crippen molar-refractivity contribution in [1.29, 1.82) is 0 Å². The van der Waals surface area contributed by atoms with Gasteiger partial charge in [0, 0.05) is 46.4 Å². The van der Waals surface area contributed by atoms with E-state index >= 15 is 0 Å². The highest BCUT2D eigenvalue weighted by Crippen LogP contribution is 2.44. The van der Waals surface area contributed by atoms with E-state index in [0.717, 1.165) is 23.1 Å². The fourth-order valence-corrected chi connectivity index (χ4v) is 7.75. The average Bonchev–Trinajstić information content (AvgIpc) is 3.57. The highest BCUT2D eigenvalue weighted by molar-refractivity contribution is 7.98. The maximum absolute atomic E-state index is 14.5. The zero-order valence-electron chi connectivity index (χ0n) is 27.2. The Hall–Kier alpha value is -4.89. The third kappa shape index (κ3) is 6.44. The van der Waals surface area contributed by atoms with Gasteiger partial charge < -0.3 is 19.9 Å². The Bertz CT molecular complexity index is 2230. The van der Waals surface area contributed by atoms with Crippen molar-refractivity contribution in [2.45, 2.75) is 55.1 Å². The number of carbonyl (C=O) groups is 2. The number of alkyl halides is 3. The molecule has 2 N–H and O–H groups in total. The molecule has 16 heteroatoms. The quantitative estimate of drug-likeness (QED) is 0.197. The lowest BCUT2D eigenvalue weighted by atomic mass is 9.66. The van der Waals surface area contributed by atoms with Gasteiger partial charge in [0.05, 0.1) is 16.3 Å². The van der Waals surface area contributed by atoms with E-state index in [2.05, 4.69) is 15.4 Å². The zero-order chi connectivity index (χ0) is 36.1. The van der Waals surface area contributed by atoms with Gasteiger partial charge in [-0.25, -0.2) is 4.98 Å². The van der Waals surface area contributed by atoms with Gasteiger partial charge in [0.15, 0.2) is 11.5 Å². The molecule has 5 aromatic rings. The van der Waals surface area contributed by atoms with E-state index in [0.29, 0.717) is 62.0 Å². The number of hydrogen-bond acceptors (Lipinski definition) is 8. The van der Waals surface area contributed by atoms with Gasteiger partial charge in [-0.1, -0.05) is 23.7 Å². The molecule has 1 saturated heterocycles. The molecule has 264 valence electrons. The molecule has 0 atom stereocenters. The third-order valence-electron chi connectivity index (χ3n) is 9.67. The lowest BCUT2D eigenvalue weighted by Gasteiger charge is -2.45. The Balaban J connectivity index is 1.28. The summed E-state index contributed by atoms with van der Waals surface area (Å²) >= 11 is 7.72. The Kier molecular flexibility index (Phi) is 9.04. The van der Waals surface area contributed by atoms with Crippen molar-refractivity contribution in [3.63, 3.8) is 0 Å². The van der Waals surface area contributed by atoms with Crippen LogP contribution in [0.25, 0.3) is 17.2 Å². The molecule has 1 aliphatic heterocycles. The van der Waals surface area contributed by atoms with Crippen LogP contribution in [0.2, 0.25) is 5.02 Å². The molecule has 7 rings (SSSR count). The summed E-state index contributed by atoms with van der Waals surface area (Å²) in [6, 6.07) is 13.2. The highest BCUT2D eigenvalue weighted by atomic mass is 35.5. The predicted octanol–water partition coefficient (Wildman–Crippen LogP) is 6.20. The summed E-state index contributed by atoms with van der Waals surface area (Å²) in [5.74, 6) is -0.775. The van der Waals surface area contributed by atoms with Crippen LogP contribution in [0.1, 0.15) is 53.0 Å². The Morgan fingerprint density at radius 3 is 2.49 bits per heavy atom. The lowest BCUT2D eigenvalue weighted by Crippen LogP contribution is -2.50. The van der Waals surface area contributed by atoms with Crippen LogP contribution in [0.5, 0.6) is 5.75 Å². The number of nitrogens with zero attached hydrogens (tertiary/aromatic N) is 6. The first-order valence-electron chi connectivity index (χ1n) is 16.2. The van der Waals surface area contributed by atoms with Crippen molar-refractivity contribution < 1.29 is 27.9 Å². The maximum atomic E-state index is 14.5. The van der Waals surface area contributed by atoms with Crippen LogP contribution in [0.15, 0.2) is 70.5 Å². The molecular weight excluding hydrogens is 707 g/mol. The number of anilines is 1.